The fourth-order valence-corrected chi connectivity index (χ4v) is 2.59. The van der Waals surface area contributed by atoms with E-state index in [1.54, 1.807) is 18.0 Å². The van der Waals surface area contributed by atoms with Gasteiger partial charge in [0.05, 0.1) is 23.3 Å². The van der Waals surface area contributed by atoms with E-state index in [2.05, 4.69) is 15.4 Å². The number of nitrogens with zero attached hydrogens (tertiary/aromatic N) is 3. The molecule has 2 heterocycles. The number of halogens is 1. The summed E-state index contributed by atoms with van der Waals surface area (Å²) in [6.07, 6.45) is 2.79. The van der Waals surface area contributed by atoms with Crippen LogP contribution in [0, 0.1) is 0 Å². The van der Waals surface area contributed by atoms with Crippen molar-refractivity contribution in [3.63, 3.8) is 0 Å². The van der Waals surface area contributed by atoms with Crippen molar-refractivity contribution in [1.82, 2.24) is 14.9 Å². The zero-order valence-electron chi connectivity index (χ0n) is 10.1. The molecule has 2 aromatic heterocycles. The Labute approximate surface area is 119 Å². The standard InChI is InChI=1S/C11H12ClN5OS/c1-17(6-7-2-3-9(12)19-7)11(18)8-4-15-10(16-13)5-14-8/h2-5H,6,13H2,1H3,(H,15,16). The number of carbonyl (C=O) groups excluding carboxylic acids is 1. The van der Waals surface area contributed by atoms with Crippen LogP contribution in [-0.4, -0.2) is 27.8 Å². The van der Waals surface area contributed by atoms with E-state index in [4.69, 9.17) is 17.4 Å². The highest BCUT2D eigenvalue weighted by atomic mass is 35.5. The molecule has 0 aromatic carbocycles. The van der Waals surface area contributed by atoms with Gasteiger partial charge in [-0.3, -0.25) is 4.79 Å². The molecule has 0 saturated carbocycles. The van der Waals surface area contributed by atoms with E-state index < -0.39 is 0 Å². The molecule has 0 atom stereocenters. The van der Waals surface area contributed by atoms with Crippen LogP contribution in [0.25, 0.3) is 0 Å². The number of nitrogen functional groups attached to an aromatic ring is 1. The third kappa shape index (κ3) is 3.40. The highest BCUT2D eigenvalue weighted by molar-refractivity contribution is 7.16. The van der Waals surface area contributed by atoms with Gasteiger partial charge >= 0.3 is 0 Å². The Hall–Kier alpha value is -1.70. The Morgan fingerprint density at radius 2 is 2.26 bits per heavy atom. The first-order valence-electron chi connectivity index (χ1n) is 5.38. The van der Waals surface area contributed by atoms with Crippen LogP contribution in [0.15, 0.2) is 24.5 Å². The molecule has 1 amide bonds. The van der Waals surface area contributed by atoms with Crippen LogP contribution >= 0.6 is 22.9 Å². The molecule has 3 N–H and O–H groups in total. The van der Waals surface area contributed by atoms with Gasteiger partial charge in [0.25, 0.3) is 5.91 Å². The maximum Gasteiger partial charge on any atom is 0.274 e. The summed E-state index contributed by atoms with van der Waals surface area (Å²) in [5.74, 6) is 5.38. The zero-order chi connectivity index (χ0) is 13.8. The predicted molar refractivity (Wildman–Crippen MR) is 75.0 cm³/mol. The first-order chi connectivity index (χ1) is 9.10. The van der Waals surface area contributed by atoms with Gasteiger partial charge in [-0.25, -0.2) is 15.8 Å². The Morgan fingerprint density at radius 3 is 2.79 bits per heavy atom. The second-order valence-corrected chi connectivity index (χ2v) is 5.60. The molecule has 0 fully saturated rings. The molecule has 6 nitrogen and oxygen atoms in total. The van der Waals surface area contributed by atoms with Gasteiger partial charge in [0, 0.05) is 11.9 Å². The summed E-state index contributed by atoms with van der Waals surface area (Å²) in [7, 11) is 1.70. The van der Waals surface area contributed by atoms with Gasteiger partial charge in [0.1, 0.15) is 5.69 Å². The minimum Gasteiger partial charge on any atom is -0.335 e. The number of carbonyl (C=O) groups is 1. The van der Waals surface area contributed by atoms with E-state index in [0.717, 1.165) is 4.88 Å². The third-order valence-corrected chi connectivity index (χ3v) is 3.60. The molecular formula is C11H12ClN5OS. The summed E-state index contributed by atoms with van der Waals surface area (Å²) >= 11 is 7.29. The molecule has 0 bridgehead atoms. The lowest BCUT2D eigenvalue weighted by atomic mass is 10.3. The summed E-state index contributed by atoms with van der Waals surface area (Å²) in [6.45, 7) is 0.481. The quantitative estimate of drug-likeness (QED) is 0.663. The van der Waals surface area contributed by atoms with Crippen molar-refractivity contribution in [1.29, 1.82) is 0 Å². The van der Waals surface area contributed by atoms with Gasteiger partial charge < -0.3 is 10.3 Å². The summed E-state index contributed by atoms with van der Waals surface area (Å²) in [5.41, 5.74) is 2.62. The van der Waals surface area contributed by atoms with Crippen LogP contribution in [0.2, 0.25) is 4.34 Å². The Balaban J connectivity index is 2.05. The first-order valence-corrected chi connectivity index (χ1v) is 6.58. The van der Waals surface area contributed by atoms with Crippen molar-refractivity contribution in [2.24, 2.45) is 5.84 Å². The maximum atomic E-state index is 12.1. The highest BCUT2D eigenvalue weighted by Gasteiger charge is 2.14. The van der Waals surface area contributed by atoms with Gasteiger partial charge in [-0.15, -0.1) is 11.3 Å². The number of anilines is 1. The van der Waals surface area contributed by atoms with E-state index >= 15 is 0 Å². The van der Waals surface area contributed by atoms with Gasteiger partial charge in [-0.2, -0.15) is 0 Å². The minimum absolute atomic E-state index is 0.208. The zero-order valence-corrected chi connectivity index (χ0v) is 11.7. The number of thiophene rings is 1. The van der Waals surface area contributed by atoms with Crippen LogP contribution in [-0.2, 0) is 6.54 Å². The number of hydrogen-bond acceptors (Lipinski definition) is 6. The van der Waals surface area contributed by atoms with Crippen LogP contribution in [0.3, 0.4) is 0 Å². The van der Waals surface area contributed by atoms with Crippen LogP contribution in [0.4, 0.5) is 5.82 Å². The minimum atomic E-state index is -0.208. The number of hydrogen-bond donors (Lipinski definition) is 2. The lowest BCUT2D eigenvalue weighted by molar-refractivity contribution is 0.0780. The summed E-state index contributed by atoms with van der Waals surface area (Å²) in [6, 6.07) is 3.70. The monoisotopic (exact) mass is 297 g/mol. The maximum absolute atomic E-state index is 12.1. The SMILES string of the molecule is CN(Cc1ccc(Cl)s1)C(=O)c1cnc(NN)cn1. The number of hydrazine groups is 1. The highest BCUT2D eigenvalue weighted by Crippen LogP contribution is 2.22. The fraction of sp³-hybridized carbons (Fsp3) is 0.182. The average molecular weight is 298 g/mol. The lowest BCUT2D eigenvalue weighted by Gasteiger charge is -2.15. The molecule has 0 aliphatic carbocycles. The molecule has 0 radical (unpaired) electrons. The number of amides is 1. The van der Waals surface area contributed by atoms with Crippen LogP contribution in [0.1, 0.15) is 15.4 Å². The van der Waals surface area contributed by atoms with Gasteiger partial charge in [0.2, 0.25) is 0 Å². The molecular weight excluding hydrogens is 286 g/mol. The second kappa shape index (κ2) is 5.96. The van der Waals surface area contributed by atoms with Gasteiger partial charge in [-0.05, 0) is 12.1 Å². The molecule has 2 rings (SSSR count). The summed E-state index contributed by atoms with van der Waals surface area (Å²) < 4.78 is 0.703. The molecule has 19 heavy (non-hydrogen) atoms. The lowest BCUT2D eigenvalue weighted by Crippen LogP contribution is -2.27. The average Bonchev–Trinajstić information content (AvgIpc) is 2.83. The molecule has 0 aliphatic heterocycles. The van der Waals surface area contributed by atoms with Crippen molar-refractivity contribution >= 4 is 34.7 Å². The number of nitrogens with two attached hydrogens (primary N) is 1. The van der Waals surface area contributed by atoms with E-state index in [0.29, 0.717) is 16.7 Å². The number of rotatable bonds is 4. The molecule has 2 aromatic rings. The molecule has 0 aliphatic rings. The van der Waals surface area contributed by atoms with Crippen molar-refractivity contribution in [2.75, 3.05) is 12.5 Å². The van der Waals surface area contributed by atoms with Crippen LogP contribution in [0.5, 0.6) is 0 Å². The van der Waals surface area contributed by atoms with Gasteiger partial charge in [0.15, 0.2) is 5.82 Å². The van der Waals surface area contributed by atoms with Crippen molar-refractivity contribution in [3.8, 4) is 0 Å². The predicted octanol–water partition coefficient (Wildman–Crippen LogP) is 1.75. The molecule has 0 spiro atoms. The van der Waals surface area contributed by atoms with E-state index in [-0.39, 0.29) is 11.6 Å². The van der Waals surface area contributed by atoms with Gasteiger partial charge in [-0.1, -0.05) is 11.6 Å². The molecule has 100 valence electrons. The Morgan fingerprint density at radius 1 is 1.47 bits per heavy atom. The number of nitrogens with one attached hydrogen (secondary N) is 1. The fourth-order valence-electron chi connectivity index (χ4n) is 1.45. The van der Waals surface area contributed by atoms with Crippen molar-refractivity contribution < 1.29 is 4.79 Å². The largest absolute Gasteiger partial charge is 0.335 e. The van der Waals surface area contributed by atoms with E-state index in [1.807, 2.05) is 6.07 Å². The third-order valence-electron chi connectivity index (χ3n) is 2.39. The number of aromatic nitrogens is 2. The van der Waals surface area contributed by atoms with E-state index in [9.17, 15) is 4.79 Å². The normalized spacial score (nSPS) is 10.3. The smallest absolute Gasteiger partial charge is 0.274 e. The molecule has 8 heteroatoms. The van der Waals surface area contributed by atoms with Crippen molar-refractivity contribution in [2.45, 2.75) is 6.54 Å². The Bertz CT molecular complexity index is 571. The van der Waals surface area contributed by atoms with Crippen LogP contribution < -0.4 is 11.3 Å². The van der Waals surface area contributed by atoms with Crippen molar-refractivity contribution in [3.05, 3.63) is 39.4 Å². The topological polar surface area (TPSA) is 84.1 Å². The molecule has 0 saturated heterocycles. The Kier molecular flexibility index (Phi) is 4.31. The summed E-state index contributed by atoms with van der Waals surface area (Å²) in [4.78, 5) is 22.6. The van der Waals surface area contributed by atoms with E-state index in [1.165, 1.54) is 23.7 Å². The molecule has 0 unspecified atom stereocenters. The first kappa shape index (κ1) is 13.7. The summed E-state index contributed by atoms with van der Waals surface area (Å²) in [5, 5.41) is 0. The second-order valence-electron chi connectivity index (χ2n) is 3.80.